The number of unbranched alkanes of at least 4 members (excludes halogenated alkanes) is 7. The summed E-state index contributed by atoms with van der Waals surface area (Å²) in [6.45, 7) is 6.99. The number of hydrogen-bond donors (Lipinski definition) is 2. The molecule has 6 nitrogen and oxygen atoms in total. The maximum Gasteiger partial charge on any atom is 0.252 e. The van der Waals surface area contributed by atoms with Crippen molar-refractivity contribution >= 4 is 5.91 Å². The van der Waals surface area contributed by atoms with Crippen LogP contribution in [0.4, 0.5) is 0 Å². The molecule has 164 valence electrons. The molecular formula is C23H40N4O2. The van der Waals surface area contributed by atoms with Gasteiger partial charge in [-0.1, -0.05) is 44.9 Å². The van der Waals surface area contributed by atoms with Crippen LogP contribution in [0.5, 0.6) is 0 Å². The number of morpholine rings is 1. The number of nitrogens with one attached hydrogen (secondary N) is 1. The van der Waals surface area contributed by atoms with Crippen LogP contribution >= 0.6 is 0 Å². The molecule has 0 spiro atoms. The number of pyridine rings is 1. The summed E-state index contributed by atoms with van der Waals surface area (Å²) in [6, 6.07) is 3.55. The fourth-order valence-corrected chi connectivity index (χ4v) is 3.82. The van der Waals surface area contributed by atoms with E-state index in [0.717, 1.165) is 32.5 Å². The second kappa shape index (κ2) is 14.5. The summed E-state index contributed by atoms with van der Waals surface area (Å²) >= 11 is 0. The highest BCUT2D eigenvalue weighted by Gasteiger charge is 2.15. The molecule has 0 aliphatic carbocycles. The first-order chi connectivity index (χ1) is 14.1. The quantitative estimate of drug-likeness (QED) is 0.465. The topological polar surface area (TPSA) is 80.5 Å². The monoisotopic (exact) mass is 404 g/mol. The smallest absolute Gasteiger partial charge is 0.252 e. The Morgan fingerprint density at radius 2 is 1.97 bits per heavy atom. The zero-order valence-corrected chi connectivity index (χ0v) is 18.2. The molecule has 2 heterocycles. The van der Waals surface area contributed by atoms with Gasteiger partial charge in [-0.05, 0) is 38.4 Å². The summed E-state index contributed by atoms with van der Waals surface area (Å²) in [5.41, 5.74) is 6.71. The zero-order chi connectivity index (χ0) is 20.7. The Kier molecular flexibility index (Phi) is 11.9. The first-order valence-electron chi connectivity index (χ1n) is 11.4. The highest BCUT2D eigenvalue weighted by molar-refractivity contribution is 5.93. The molecule has 1 saturated heterocycles. The van der Waals surface area contributed by atoms with Crippen LogP contribution in [-0.4, -0.2) is 60.7 Å². The molecule has 1 aromatic rings. The van der Waals surface area contributed by atoms with Crippen LogP contribution in [0, 0.1) is 0 Å². The lowest BCUT2D eigenvalue weighted by Gasteiger charge is -2.30. The van der Waals surface area contributed by atoms with Gasteiger partial charge in [0.05, 0.1) is 18.3 Å². The van der Waals surface area contributed by atoms with Gasteiger partial charge < -0.3 is 15.8 Å². The van der Waals surface area contributed by atoms with E-state index in [0.29, 0.717) is 18.2 Å². The van der Waals surface area contributed by atoms with Crippen LogP contribution in [0.25, 0.3) is 0 Å². The minimum atomic E-state index is -0.100. The Morgan fingerprint density at radius 3 is 2.66 bits per heavy atom. The van der Waals surface area contributed by atoms with Crippen LogP contribution < -0.4 is 11.1 Å². The van der Waals surface area contributed by atoms with E-state index in [1.54, 1.807) is 24.5 Å². The number of nitrogens with two attached hydrogens (primary N) is 1. The molecular weight excluding hydrogens is 364 g/mol. The lowest BCUT2D eigenvalue weighted by Crippen LogP contribution is -2.41. The Morgan fingerprint density at radius 1 is 1.24 bits per heavy atom. The van der Waals surface area contributed by atoms with Gasteiger partial charge in [-0.2, -0.15) is 0 Å². The van der Waals surface area contributed by atoms with Gasteiger partial charge in [-0.15, -0.1) is 0 Å². The lowest BCUT2D eigenvalue weighted by molar-refractivity contribution is -0.0186. The van der Waals surface area contributed by atoms with E-state index in [4.69, 9.17) is 10.5 Å². The lowest BCUT2D eigenvalue weighted by atomic mass is 10.0. The van der Waals surface area contributed by atoms with Crippen molar-refractivity contribution in [1.29, 1.82) is 0 Å². The Hall–Kier alpha value is -1.50. The van der Waals surface area contributed by atoms with Crippen LogP contribution in [0.2, 0.25) is 0 Å². The summed E-state index contributed by atoms with van der Waals surface area (Å²) in [5.74, 6) is -0.100. The van der Waals surface area contributed by atoms with E-state index in [1.165, 1.54) is 51.5 Å². The van der Waals surface area contributed by atoms with Crippen molar-refractivity contribution in [2.45, 2.75) is 76.9 Å². The third kappa shape index (κ3) is 10.7. The fraction of sp³-hybridized carbons (Fsp3) is 0.739. The largest absolute Gasteiger partial charge is 0.376 e. The number of amides is 1. The predicted molar refractivity (Wildman–Crippen MR) is 118 cm³/mol. The van der Waals surface area contributed by atoms with Crippen molar-refractivity contribution in [3.05, 3.63) is 30.1 Å². The molecule has 0 saturated carbocycles. The minimum absolute atomic E-state index is 0.0264. The third-order valence-corrected chi connectivity index (χ3v) is 5.57. The molecule has 2 atom stereocenters. The first-order valence-corrected chi connectivity index (χ1v) is 11.4. The van der Waals surface area contributed by atoms with Gasteiger partial charge >= 0.3 is 0 Å². The van der Waals surface area contributed by atoms with Crippen LogP contribution in [0.1, 0.15) is 75.1 Å². The Bertz CT molecular complexity index is 555. The fourth-order valence-electron chi connectivity index (χ4n) is 3.82. The van der Waals surface area contributed by atoms with Gasteiger partial charge in [0, 0.05) is 38.1 Å². The molecule has 0 bridgehead atoms. The summed E-state index contributed by atoms with van der Waals surface area (Å²) in [4.78, 5) is 18.5. The number of rotatable bonds is 14. The van der Waals surface area contributed by atoms with Gasteiger partial charge in [0.25, 0.3) is 5.91 Å². The summed E-state index contributed by atoms with van der Waals surface area (Å²) < 4.78 is 5.59. The van der Waals surface area contributed by atoms with Gasteiger partial charge in [0.15, 0.2) is 0 Å². The first kappa shape index (κ1) is 23.8. The molecule has 1 aromatic heterocycles. The van der Waals surface area contributed by atoms with Crippen molar-refractivity contribution in [2.24, 2.45) is 5.73 Å². The standard InChI is InChI=1S/C23H40N4O2/c1-20-19-27(15-16-29-20)14-9-7-5-3-2-4-6-8-12-22(24)18-26-23(28)21-11-10-13-25-17-21/h10-11,13,17,20,22H,2-9,12,14-16,18-19,24H2,1H3,(H,26,28)/t20-,22-/m1/s1. The number of nitrogens with zero attached hydrogens (tertiary/aromatic N) is 2. The second-order valence-corrected chi connectivity index (χ2v) is 8.31. The van der Waals surface area contributed by atoms with Crippen molar-refractivity contribution in [2.75, 3.05) is 32.8 Å². The Balaban J connectivity index is 1.36. The maximum atomic E-state index is 12.0. The van der Waals surface area contributed by atoms with E-state index in [9.17, 15) is 4.79 Å². The van der Waals surface area contributed by atoms with Crippen molar-refractivity contribution < 1.29 is 9.53 Å². The van der Waals surface area contributed by atoms with Gasteiger partial charge in [0.2, 0.25) is 0 Å². The van der Waals surface area contributed by atoms with Crippen molar-refractivity contribution in [1.82, 2.24) is 15.2 Å². The SMILES string of the molecule is C[C@@H]1CN(CCCCCCCCCC[C@@H](N)CNC(=O)c2cccnc2)CCO1. The van der Waals surface area contributed by atoms with Crippen molar-refractivity contribution in [3.8, 4) is 0 Å². The number of ether oxygens (including phenoxy) is 1. The molecule has 1 amide bonds. The number of carbonyl (C=O) groups excluding carboxylic acids is 1. The zero-order valence-electron chi connectivity index (χ0n) is 18.2. The van der Waals surface area contributed by atoms with E-state index >= 15 is 0 Å². The van der Waals surface area contributed by atoms with Gasteiger partial charge in [-0.25, -0.2) is 0 Å². The molecule has 6 heteroatoms. The number of hydrogen-bond acceptors (Lipinski definition) is 5. The maximum absolute atomic E-state index is 12.0. The minimum Gasteiger partial charge on any atom is -0.376 e. The van der Waals surface area contributed by atoms with Gasteiger partial charge in [-0.3, -0.25) is 14.7 Å². The van der Waals surface area contributed by atoms with Crippen molar-refractivity contribution in [3.63, 3.8) is 0 Å². The number of carbonyl (C=O) groups is 1. The molecule has 0 radical (unpaired) electrons. The third-order valence-electron chi connectivity index (χ3n) is 5.57. The normalized spacial score (nSPS) is 18.5. The molecule has 2 rings (SSSR count). The van der Waals surface area contributed by atoms with E-state index in [2.05, 4.69) is 22.1 Å². The second-order valence-electron chi connectivity index (χ2n) is 8.31. The van der Waals surface area contributed by atoms with E-state index in [1.807, 2.05) is 0 Å². The van der Waals surface area contributed by atoms with Crippen LogP contribution in [-0.2, 0) is 4.74 Å². The summed E-state index contributed by atoms with van der Waals surface area (Å²) in [5, 5.41) is 2.89. The predicted octanol–water partition coefficient (Wildman–Crippen LogP) is 3.37. The molecule has 1 fully saturated rings. The Labute approximate surface area is 176 Å². The average Bonchev–Trinajstić information content (AvgIpc) is 2.74. The number of aromatic nitrogens is 1. The highest BCUT2D eigenvalue weighted by Crippen LogP contribution is 2.12. The van der Waals surface area contributed by atoms with Gasteiger partial charge in [0.1, 0.15) is 0 Å². The van der Waals surface area contributed by atoms with E-state index in [-0.39, 0.29) is 11.9 Å². The van der Waals surface area contributed by atoms with E-state index < -0.39 is 0 Å². The molecule has 0 unspecified atom stereocenters. The summed E-state index contributed by atoms with van der Waals surface area (Å²) in [7, 11) is 0. The molecule has 1 aliphatic heterocycles. The highest BCUT2D eigenvalue weighted by atomic mass is 16.5. The van der Waals surface area contributed by atoms with Crippen LogP contribution in [0.15, 0.2) is 24.5 Å². The summed E-state index contributed by atoms with van der Waals surface area (Å²) in [6.07, 6.45) is 14.9. The molecule has 1 aliphatic rings. The molecule has 3 N–H and O–H groups in total. The molecule has 0 aromatic carbocycles. The van der Waals surface area contributed by atoms with Crippen LogP contribution in [0.3, 0.4) is 0 Å². The average molecular weight is 405 g/mol. The molecule has 29 heavy (non-hydrogen) atoms.